The molecule has 0 aliphatic carbocycles. The van der Waals surface area contributed by atoms with E-state index < -0.39 is 9.84 Å². The molecule has 3 heterocycles. The van der Waals surface area contributed by atoms with Crippen LogP contribution in [-0.2, 0) is 21.1 Å². The highest BCUT2D eigenvalue weighted by Crippen LogP contribution is 2.39. The van der Waals surface area contributed by atoms with Crippen LogP contribution in [0.2, 0.25) is 5.02 Å². The van der Waals surface area contributed by atoms with Crippen LogP contribution in [0.3, 0.4) is 0 Å². The molecular formula is C23H20ClN3O4S. The van der Waals surface area contributed by atoms with Gasteiger partial charge in [-0.3, -0.25) is 14.8 Å². The molecule has 164 valence electrons. The minimum absolute atomic E-state index is 0.141. The Morgan fingerprint density at radius 3 is 2.81 bits per heavy atom. The zero-order valence-electron chi connectivity index (χ0n) is 17.2. The summed E-state index contributed by atoms with van der Waals surface area (Å²) in [6, 6.07) is 8.86. The lowest BCUT2D eigenvalue weighted by Gasteiger charge is -2.11. The van der Waals surface area contributed by atoms with Gasteiger partial charge in [-0.2, -0.15) is 0 Å². The number of nitrogens with zero attached hydrogens (tertiary/aromatic N) is 2. The van der Waals surface area contributed by atoms with Crippen molar-refractivity contribution in [3.8, 4) is 16.9 Å². The average molecular weight is 470 g/mol. The molecule has 1 unspecified atom stereocenters. The lowest BCUT2D eigenvalue weighted by Crippen LogP contribution is -2.33. The van der Waals surface area contributed by atoms with E-state index in [1.165, 1.54) is 12.3 Å². The van der Waals surface area contributed by atoms with E-state index in [0.717, 1.165) is 22.9 Å². The maximum Gasteiger partial charge on any atom is 0.244 e. The minimum atomic E-state index is -3.37. The molecule has 1 aromatic carbocycles. The zero-order valence-corrected chi connectivity index (χ0v) is 18.7. The Balaban J connectivity index is 1.43. The van der Waals surface area contributed by atoms with Crippen LogP contribution >= 0.6 is 11.6 Å². The van der Waals surface area contributed by atoms with Crippen LogP contribution in [0.15, 0.2) is 66.1 Å². The molecule has 1 aliphatic heterocycles. The van der Waals surface area contributed by atoms with E-state index in [4.69, 9.17) is 16.3 Å². The van der Waals surface area contributed by atoms with Crippen molar-refractivity contribution in [2.45, 2.75) is 17.4 Å². The fourth-order valence-electron chi connectivity index (χ4n) is 3.37. The molecule has 0 radical (unpaired) electrons. The lowest BCUT2D eigenvalue weighted by molar-refractivity contribution is -0.116. The number of carbonyl (C=O) groups is 1. The highest BCUT2D eigenvalue weighted by molar-refractivity contribution is 7.90. The Bertz CT molecular complexity index is 1290. The number of rotatable bonds is 6. The summed E-state index contributed by atoms with van der Waals surface area (Å²) in [6.45, 7) is 0.321. The molecule has 3 aromatic rings. The Morgan fingerprint density at radius 2 is 2.06 bits per heavy atom. The zero-order chi connectivity index (χ0) is 22.7. The number of hydrogen-bond acceptors (Lipinski definition) is 6. The second kappa shape index (κ2) is 9.10. The molecule has 9 heteroatoms. The molecule has 7 nitrogen and oxygen atoms in total. The van der Waals surface area contributed by atoms with E-state index in [9.17, 15) is 13.2 Å². The summed E-state index contributed by atoms with van der Waals surface area (Å²) in [5.74, 6) is 0.344. The molecule has 0 saturated heterocycles. The second-order valence-corrected chi connectivity index (χ2v) is 9.86. The van der Waals surface area contributed by atoms with Crippen LogP contribution in [0.1, 0.15) is 11.1 Å². The first-order valence-electron chi connectivity index (χ1n) is 9.80. The molecule has 2 aromatic heterocycles. The van der Waals surface area contributed by atoms with Gasteiger partial charge in [0.2, 0.25) is 5.91 Å². The third-order valence-electron chi connectivity index (χ3n) is 4.94. The maximum absolute atomic E-state index is 12.1. The molecule has 0 spiro atoms. The van der Waals surface area contributed by atoms with Crippen molar-refractivity contribution >= 4 is 33.4 Å². The molecule has 0 bridgehead atoms. The molecular weight excluding hydrogens is 450 g/mol. The van der Waals surface area contributed by atoms with Gasteiger partial charge in [0.15, 0.2) is 9.84 Å². The fraction of sp³-hybridized carbons (Fsp3) is 0.174. The van der Waals surface area contributed by atoms with Gasteiger partial charge in [-0.05, 0) is 41.5 Å². The maximum atomic E-state index is 12.1. The van der Waals surface area contributed by atoms with Gasteiger partial charge in [0.05, 0.1) is 16.5 Å². The summed E-state index contributed by atoms with van der Waals surface area (Å²) in [6.07, 6.45) is 10.8. The van der Waals surface area contributed by atoms with Gasteiger partial charge >= 0.3 is 0 Å². The fourth-order valence-corrected chi connectivity index (χ4v) is 4.24. The van der Waals surface area contributed by atoms with Crippen LogP contribution in [0.5, 0.6) is 5.75 Å². The lowest BCUT2D eigenvalue weighted by atomic mass is 10.0. The van der Waals surface area contributed by atoms with Crippen molar-refractivity contribution < 1.29 is 17.9 Å². The van der Waals surface area contributed by atoms with E-state index >= 15 is 0 Å². The van der Waals surface area contributed by atoms with E-state index in [2.05, 4.69) is 15.3 Å². The summed E-state index contributed by atoms with van der Waals surface area (Å²) in [5, 5.41) is 3.25. The first kappa shape index (κ1) is 22.0. The number of pyridine rings is 2. The van der Waals surface area contributed by atoms with E-state index in [0.29, 0.717) is 29.3 Å². The molecule has 1 atom stereocenters. The predicted molar refractivity (Wildman–Crippen MR) is 122 cm³/mol. The molecule has 0 fully saturated rings. The van der Waals surface area contributed by atoms with Crippen LogP contribution < -0.4 is 10.1 Å². The summed E-state index contributed by atoms with van der Waals surface area (Å²) < 4.78 is 29.6. The SMILES string of the molecule is CS(=O)(=O)c1cncc(-c2cc(Cl)c3c(c2)CC(CNC(=O)/C=C/c2cccnc2)O3)c1. The Kier molecular flexibility index (Phi) is 6.25. The van der Waals surface area contributed by atoms with Gasteiger partial charge in [-0.1, -0.05) is 17.7 Å². The Labute approximate surface area is 191 Å². The van der Waals surface area contributed by atoms with E-state index in [1.54, 1.807) is 42.9 Å². The van der Waals surface area contributed by atoms with Crippen molar-refractivity contribution in [1.82, 2.24) is 15.3 Å². The molecule has 1 aliphatic rings. The standard InChI is InChI=1S/C23H20ClN3O4S/c1-32(29,30)20-9-18(12-26-14-20)16-7-17-8-19(31-23(17)21(24)10-16)13-27-22(28)5-4-15-3-2-6-25-11-15/h2-7,9-12,14,19H,8,13H2,1H3,(H,27,28)/b5-4+. The number of benzene rings is 1. The van der Waals surface area contributed by atoms with E-state index in [1.807, 2.05) is 12.1 Å². The van der Waals surface area contributed by atoms with E-state index in [-0.39, 0.29) is 16.9 Å². The van der Waals surface area contributed by atoms with Crippen molar-refractivity contribution in [1.29, 1.82) is 0 Å². The topological polar surface area (TPSA) is 98.2 Å². The third-order valence-corrected chi connectivity index (χ3v) is 6.30. The van der Waals surface area contributed by atoms with Gasteiger partial charge in [0.25, 0.3) is 0 Å². The van der Waals surface area contributed by atoms with Crippen molar-refractivity contribution in [3.05, 3.63) is 77.3 Å². The normalized spacial score (nSPS) is 15.4. The van der Waals surface area contributed by atoms with Crippen LogP contribution in [-0.4, -0.2) is 43.2 Å². The minimum Gasteiger partial charge on any atom is -0.486 e. The molecule has 1 N–H and O–H groups in total. The summed E-state index contributed by atoms with van der Waals surface area (Å²) in [4.78, 5) is 20.3. The highest BCUT2D eigenvalue weighted by atomic mass is 35.5. The smallest absolute Gasteiger partial charge is 0.244 e. The van der Waals surface area contributed by atoms with Crippen LogP contribution in [0.4, 0.5) is 0 Å². The molecule has 0 saturated carbocycles. The van der Waals surface area contributed by atoms with Gasteiger partial charge in [0.1, 0.15) is 11.9 Å². The summed E-state index contributed by atoms with van der Waals surface area (Å²) in [5.41, 5.74) is 3.12. The number of sulfone groups is 1. The molecule has 4 rings (SSSR count). The summed E-state index contributed by atoms with van der Waals surface area (Å²) >= 11 is 6.43. The van der Waals surface area contributed by atoms with Gasteiger partial charge in [0, 0.05) is 54.7 Å². The monoisotopic (exact) mass is 469 g/mol. The highest BCUT2D eigenvalue weighted by Gasteiger charge is 2.26. The van der Waals surface area contributed by atoms with Gasteiger partial charge in [-0.25, -0.2) is 8.42 Å². The number of ether oxygens (including phenoxy) is 1. The van der Waals surface area contributed by atoms with Gasteiger partial charge < -0.3 is 10.1 Å². The Hall–Kier alpha value is -3.23. The number of amides is 1. The second-order valence-electron chi connectivity index (χ2n) is 7.44. The number of hydrogen-bond donors (Lipinski definition) is 1. The number of nitrogens with one attached hydrogen (secondary N) is 1. The summed E-state index contributed by atoms with van der Waals surface area (Å²) in [7, 11) is -3.37. The number of carbonyl (C=O) groups excluding carboxylic acids is 1. The third kappa shape index (κ3) is 5.15. The van der Waals surface area contributed by atoms with Crippen LogP contribution in [0.25, 0.3) is 17.2 Å². The largest absolute Gasteiger partial charge is 0.486 e. The predicted octanol–water partition coefficient (Wildman–Crippen LogP) is 3.33. The van der Waals surface area contributed by atoms with Crippen molar-refractivity contribution in [2.24, 2.45) is 0 Å². The first-order chi connectivity index (χ1) is 15.3. The first-order valence-corrected chi connectivity index (χ1v) is 12.1. The van der Waals surface area contributed by atoms with Crippen molar-refractivity contribution in [3.63, 3.8) is 0 Å². The quantitative estimate of drug-likeness (QED) is 0.556. The molecule has 32 heavy (non-hydrogen) atoms. The van der Waals surface area contributed by atoms with Crippen molar-refractivity contribution in [2.75, 3.05) is 12.8 Å². The number of halogens is 1. The number of fused-ring (bicyclic) bond motifs is 1. The van der Waals surface area contributed by atoms with Gasteiger partial charge in [-0.15, -0.1) is 0 Å². The number of aromatic nitrogens is 2. The molecule has 1 amide bonds. The Morgan fingerprint density at radius 1 is 1.22 bits per heavy atom. The average Bonchev–Trinajstić information content (AvgIpc) is 3.20. The van der Waals surface area contributed by atoms with Crippen LogP contribution in [0, 0.1) is 0 Å².